The van der Waals surface area contributed by atoms with Crippen LogP contribution in [0.2, 0.25) is 0 Å². The van der Waals surface area contributed by atoms with Crippen molar-refractivity contribution in [2.75, 3.05) is 13.7 Å². The van der Waals surface area contributed by atoms with Gasteiger partial charge in [0.2, 0.25) is 0 Å². The number of thiazole rings is 1. The normalized spacial score (nSPS) is 16.4. The number of ether oxygens (including phenoxy) is 2. The van der Waals surface area contributed by atoms with Crippen LogP contribution >= 0.6 is 27.3 Å². The molecule has 6 rings (SSSR count). The van der Waals surface area contributed by atoms with Gasteiger partial charge in [-0.25, -0.2) is 9.38 Å². The molecule has 1 aromatic heterocycles. The van der Waals surface area contributed by atoms with E-state index < -0.39 is 0 Å². The van der Waals surface area contributed by atoms with Crippen LogP contribution in [0.5, 0.6) is 11.5 Å². The fourth-order valence-corrected chi connectivity index (χ4v) is 6.80. The molecule has 0 amide bonds. The van der Waals surface area contributed by atoms with E-state index in [1.165, 1.54) is 29.0 Å². The van der Waals surface area contributed by atoms with Crippen molar-refractivity contribution in [1.82, 2.24) is 4.57 Å². The van der Waals surface area contributed by atoms with E-state index in [-0.39, 0.29) is 17.4 Å². The maximum atomic E-state index is 13.9. The monoisotopic (exact) mass is 590 g/mol. The molecule has 1 aliphatic carbocycles. The Bertz CT molecular complexity index is 1770. The first-order valence-corrected chi connectivity index (χ1v) is 14.0. The van der Waals surface area contributed by atoms with Gasteiger partial charge < -0.3 is 9.47 Å². The quantitative estimate of drug-likeness (QED) is 0.303. The van der Waals surface area contributed by atoms with Gasteiger partial charge in [0.05, 0.1) is 34.5 Å². The molecular formula is C30H24BrFN2O3S. The largest absolute Gasteiger partial charge is 0.493 e. The molecule has 0 unspecified atom stereocenters. The Morgan fingerprint density at radius 1 is 1.16 bits per heavy atom. The fourth-order valence-electron chi connectivity index (χ4n) is 5.23. The fraction of sp³-hybridized carbons (Fsp3) is 0.200. The van der Waals surface area contributed by atoms with Crippen molar-refractivity contribution in [1.29, 1.82) is 0 Å². The minimum atomic E-state index is -0.348. The second kappa shape index (κ2) is 10.0. The van der Waals surface area contributed by atoms with E-state index in [1.807, 2.05) is 37.3 Å². The van der Waals surface area contributed by atoms with Crippen LogP contribution in [0.15, 0.2) is 80.5 Å². The van der Waals surface area contributed by atoms with Gasteiger partial charge >= 0.3 is 0 Å². The molecular weight excluding hydrogens is 567 g/mol. The van der Waals surface area contributed by atoms with E-state index in [2.05, 4.69) is 28.1 Å². The zero-order chi connectivity index (χ0) is 26.4. The van der Waals surface area contributed by atoms with Crippen molar-refractivity contribution in [3.8, 4) is 11.5 Å². The number of aromatic nitrogens is 1. The summed E-state index contributed by atoms with van der Waals surface area (Å²) in [5.74, 6) is 0.896. The van der Waals surface area contributed by atoms with Crippen LogP contribution in [0.3, 0.4) is 0 Å². The summed E-state index contributed by atoms with van der Waals surface area (Å²) in [6.07, 6.45) is 3.50. The number of allylic oxidation sites excluding steroid dienone is 1. The second-order valence-electron chi connectivity index (χ2n) is 9.13. The van der Waals surface area contributed by atoms with E-state index in [4.69, 9.17) is 14.5 Å². The molecule has 1 aliphatic heterocycles. The lowest BCUT2D eigenvalue weighted by Crippen LogP contribution is -2.38. The molecule has 3 aromatic carbocycles. The molecule has 4 aromatic rings. The number of methoxy groups -OCH3 is 1. The first-order chi connectivity index (χ1) is 18.5. The minimum absolute atomic E-state index is 0.127. The number of hydrogen-bond donors (Lipinski definition) is 0. The molecule has 0 radical (unpaired) electrons. The Kier molecular flexibility index (Phi) is 6.53. The van der Waals surface area contributed by atoms with Crippen molar-refractivity contribution < 1.29 is 13.9 Å². The summed E-state index contributed by atoms with van der Waals surface area (Å²) in [5.41, 5.74) is 5.88. The third kappa shape index (κ3) is 4.22. The lowest BCUT2D eigenvalue weighted by Gasteiger charge is -2.30. The standard InChI is InChI=1S/C30H24BrFN2O3S/c1-3-37-28-23(31)14-17(15-24(28)36-2)16-25-29(35)34-27(19-8-11-20(32)12-9-19)22-13-10-18-6-4-5-7-21(18)26(22)33-30(34)38-25/h4-9,11-12,14-16,27H,3,10,13H2,1-2H3/b25-16+/t27-/m1/s1. The molecule has 2 heterocycles. The van der Waals surface area contributed by atoms with Crippen molar-refractivity contribution in [2.45, 2.75) is 25.8 Å². The van der Waals surface area contributed by atoms with Crippen LogP contribution in [0.1, 0.15) is 41.6 Å². The average molecular weight is 592 g/mol. The number of benzene rings is 3. The molecule has 0 fully saturated rings. The summed E-state index contributed by atoms with van der Waals surface area (Å²) < 4.78 is 28.2. The predicted octanol–water partition coefficient (Wildman–Crippen LogP) is 5.63. The highest BCUT2D eigenvalue weighted by atomic mass is 79.9. The Labute approximate surface area is 231 Å². The number of aryl methyl sites for hydroxylation is 1. The molecule has 192 valence electrons. The van der Waals surface area contributed by atoms with Gasteiger partial charge in [-0.05, 0) is 88.3 Å². The SMILES string of the molecule is CCOc1c(Br)cc(/C=c2/sc3n(c2=O)[C@H](c2ccc(F)cc2)C2=C(N=3)c3ccccc3CC2)cc1OC. The number of nitrogens with zero attached hydrogens (tertiary/aromatic N) is 2. The second-order valence-corrected chi connectivity index (χ2v) is 11.0. The van der Waals surface area contributed by atoms with Crippen molar-refractivity contribution in [3.05, 3.63) is 118 Å². The topological polar surface area (TPSA) is 52.8 Å². The summed E-state index contributed by atoms with van der Waals surface area (Å²) in [7, 11) is 1.59. The van der Waals surface area contributed by atoms with Gasteiger partial charge in [-0.15, -0.1) is 0 Å². The first-order valence-electron chi connectivity index (χ1n) is 12.4. The van der Waals surface area contributed by atoms with Crippen LogP contribution < -0.4 is 24.4 Å². The number of fused-ring (bicyclic) bond motifs is 3. The average Bonchev–Trinajstić information content (AvgIpc) is 3.23. The molecule has 0 spiro atoms. The highest BCUT2D eigenvalue weighted by molar-refractivity contribution is 9.10. The number of halogens is 2. The van der Waals surface area contributed by atoms with E-state index in [1.54, 1.807) is 23.8 Å². The van der Waals surface area contributed by atoms with E-state index in [9.17, 15) is 9.18 Å². The lowest BCUT2D eigenvalue weighted by atomic mass is 9.83. The van der Waals surface area contributed by atoms with Crippen molar-refractivity contribution >= 4 is 39.0 Å². The van der Waals surface area contributed by atoms with Crippen LogP contribution in [0.4, 0.5) is 4.39 Å². The van der Waals surface area contributed by atoms with Crippen LogP contribution in [-0.2, 0) is 6.42 Å². The highest BCUT2D eigenvalue weighted by Crippen LogP contribution is 2.41. The van der Waals surface area contributed by atoms with Gasteiger partial charge in [0, 0.05) is 5.56 Å². The molecule has 5 nitrogen and oxygen atoms in total. The third-order valence-electron chi connectivity index (χ3n) is 6.90. The van der Waals surface area contributed by atoms with Crippen molar-refractivity contribution in [3.63, 3.8) is 0 Å². The lowest BCUT2D eigenvalue weighted by molar-refractivity contribution is 0.309. The van der Waals surface area contributed by atoms with E-state index in [0.717, 1.165) is 45.3 Å². The van der Waals surface area contributed by atoms with Gasteiger partial charge in [-0.2, -0.15) is 0 Å². The zero-order valence-corrected chi connectivity index (χ0v) is 23.2. The molecule has 0 bridgehead atoms. The van der Waals surface area contributed by atoms with Gasteiger partial charge in [0.15, 0.2) is 16.3 Å². The third-order valence-corrected chi connectivity index (χ3v) is 8.47. The molecule has 8 heteroatoms. The Morgan fingerprint density at radius 3 is 2.71 bits per heavy atom. The predicted molar refractivity (Wildman–Crippen MR) is 151 cm³/mol. The maximum Gasteiger partial charge on any atom is 0.271 e. The summed E-state index contributed by atoms with van der Waals surface area (Å²) in [6, 6.07) is 18.1. The first kappa shape index (κ1) is 24.8. The van der Waals surface area contributed by atoms with Crippen LogP contribution in [0.25, 0.3) is 11.8 Å². The molecule has 0 saturated heterocycles. The van der Waals surface area contributed by atoms with Crippen molar-refractivity contribution in [2.24, 2.45) is 4.99 Å². The Balaban J connectivity index is 1.57. The van der Waals surface area contributed by atoms with E-state index >= 15 is 0 Å². The van der Waals surface area contributed by atoms with Gasteiger partial charge in [-0.3, -0.25) is 9.36 Å². The molecule has 0 saturated carbocycles. The van der Waals surface area contributed by atoms with Crippen LogP contribution in [0, 0.1) is 5.82 Å². The summed E-state index contributed by atoms with van der Waals surface area (Å²) in [6.45, 7) is 2.42. The number of hydrogen-bond acceptors (Lipinski definition) is 5. The van der Waals surface area contributed by atoms with Gasteiger partial charge in [-0.1, -0.05) is 47.7 Å². The molecule has 38 heavy (non-hydrogen) atoms. The number of rotatable bonds is 5. The minimum Gasteiger partial charge on any atom is -0.493 e. The van der Waals surface area contributed by atoms with Gasteiger partial charge in [0.25, 0.3) is 5.56 Å². The zero-order valence-electron chi connectivity index (χ0n) is 20.8. The van der Waals surface area contributed by atoms with Gasteiger partial charge in [0.1, 0.15) is 5.82 Å². The summed E-state index contributed by atoms with van der Waals surface area (Å²) >= 11 is 4.93. The molecule has 2 aliphatic rings. The van der Waals surface area contributed by atoms with E-state index in [0.29, 0.717) is 27.4 Å². The smallest absolute Gasteiger partial charge is 0.271 e. The molecule has 1 atom stereocenters. The van der Waals surface area contributed by atoms with Crippen LogP contribution in [-0.4, -0.2) is 18.3 Å². The maximum absolute atomic E-state index is 13.9. The molecule has 0 N–H and O–H groups in total. The Hall–Kier alpha value is -3.49. The Morgan fingerprint density at radius 2 is 1.95 bits per heavy atom. The summed E-state index contributed by atoms with van der Waals surface area (Å²) in [4.78, 5) is 19.6. The highest BCUT2D eigenvalue weighted by Gasteiger charge is 2.32. The summed E-state index contributed by atoms with van der Waals surface area (Å²) in [5, 5.41) is 0.